The summed E-state index contributed by atoms with van der Waals surface area (Å²) in [6, 6.07) is 7.28. The lowest BCUT2D eigenvalue weighted by Crippen LogP contribution is -2.09. The van der Waals surface area contributed by atoms with E-state index in [1.807, 2.05) is 6.92 Å². The summed E-state index contributed by atoms with van der Waals surface area (Å²) in [6.07, 6.45) is 1.60. The van der Waals surface area contributed by atoms with Gasteiger partial charge in [0.15, 0.2) is 11.6 Å². The third-order valence-corrected chi connectivity index (χ3v) is 2.86. The van der Waals surface area contributed by atoms with Gasteiger partial charge in [-0.2, -0.15) is 0 Å². The number of halogens is 2. The van der Waals surface area contributed by atoms with Crippen molar-refractivity contribution < 1.29 is 13.5 Å². The van der Waals surface area contributed by atoms with Crippen LogP contribution >= 0.6 is 0 Å². The number of nitrogens with one attached hydrogen (secondary N) is 1. The molecule has 1 aromatic heterocycles. The van der Waals surface area contributed by atoms with Gasteiger partial charge in [-0.1, -0.05) is 12.1 Å². The average Bonchev–Trinajstić information content (AvgIpc) is 2.44. The third-order valence-electron chi connectivity index (χ3n) is 2.86. The van der Waals surface area contributed by atoms with Crippen molar-refractivity contribution in [3.05, 3.63) is 53.7 Å². The summed E-state index contributed by atoms with van der Waals surface area (Å²) in [6.45, 7) is 4.18. The molecular formula is C15H16F2N2O. The second-order valence-electron chi connectivity index (χ2n) is 4.33. The van der Waals surface area contributed by atoms with Crippen molar-refractivity contribution >= 4 is 5.69 Å². The summed E-state index contributed by atoms with van der Waals surface area (Å²) in [4.78, 5) is 4.10. The quantitative estimate of drug-likeness (QED) is 0.899. The highest BCUT2D eigenvalue weighted by atomic mass is 19.2. The van der Waals surface area contributed by atoms with E-state index in [0.29, 0.717) is 18.2 Å². The highest BCUT2D eigenvalue weighted by molar-refractivity contribution is 5.44. The molecule has 0 fully saturated rings. The Balaban J connectivity index is 2.11. The molecule has 0 bridgehead atoms. The molecule has 20 heavy (non-hydrogen) atoms. The fourth-order valence-electron chi connectivity index (χ4n) is 1.88. The molecule has 1 atom stereocenters. The Morgan fingerprint density at radius 1 is 1.25 bits per heavy atom. The maximum atomic E-state index is 13.7. The largest absolute Gasteiger partial charge is 0.478 e. The van der Waals surface area contributed by atoms with Crippen molar-refractivity contribution in [2.24, 2.45) is 0 Å². The number of benzene rings is 1. The number of hydrogen-bond acceptors (Lipinski definition) is 3. The monoisotopic (exact) mass is 278 g/mol. The first-order chi connectivity index (χ1) is 9.61. The molecule has 0 aliphatic rings. The molecule has 1 unspecified atom stereocenters. The van der Waals surface area contributed by atoms with E-state index in [4.69, 9.17) is 4.74 Å². The number of anilines is 1. The molecular weight excluding hydrogens is 262 g/mol. The van der Waals surface area contributed by atoms with Gasteiger partial charge in [0, 0.05) is 11.6 Å². The summed E-state index contributed by atoms with van der Waals surface area (Å²) in [5, 5.41) is 3.07. The first-order valence-electron chi connectivity index (χ1n) is 6.41. The van der Waals surface area contributed by atoms with E-state index in [-0.39, 0.29) is 11.6 Å². The zero-order valence-corrected chi connectivity index (χ0v) is 11.4. The van der Waals surface area contributed by atoms with Crippen LogP contribution in [-0.2, 0) is 0 Å². The van der Waals surface area contributed by atoms with Crippen LogP contribution in [0.15, 0.2) is 36.5 Å². The van der Waals surface area contributed by atoms with Crippen LogP contribution in [0.1, 0.15) is 25.5 Å². The maximum absolute atomic E-state index is 13.7. The molecule has 0 spiro atoms. The molecule has 2 rings (SSSR count). The summed E-state index contributed by atoms with van der Waals surface area (Å²) >= 11 is 0. The molecule has 3 nitrogen and oxygen atoms in total. The zero-order valence-electron chi connectivity index (χ0n) is 11.4. The minimum absolute atomic E-state index is 0.277. The lowest BCUT2D eigenvalue weighted by Gasteiger charge is -2.16. The Morgan fingerprint density at radius 3 is 2.70 bits per heavy atom. The average molecular weight is 278 g/mol. The van der Waals surface area contributed by atoms with E-state index in [1.54, 1.807) is 31.3 Å². The second-order valence-corrected chi connectivity index (χ2v) is 4.33. The SMILES string of the molecule is CCOc1ccc(NC(C)c2cccc(F)c2F)cn1. The minimum atomic E-state index is -0.846. The van der Waals surface area contributed by atoms with Crippen LogP contribution in [0.5, 0.6) is 5.88 Å². The molecule has 0 saturated carbocycles. The van der Waals surface area contributed by atoms with Gasteiger partial charge in [0.2, 0.25) is 5.88 Å². The van der Waals surface area contributed by atoms with E-state index in [1.165, 1.54) is 6.07 Å². The third kappa shape index (κ3) is 3.23. The Labute approximate surface area is 116 Å². The highest BCUT2D eigenvalue weighted by Gasteiger charge is 2.14. The fourth-order valence-corrected chi connectivity index (χ4v) is 1.88. The van der Waals surface area contributed by atoms with Crippen molar-refractivity contribution in [1.82, 2.24) is 4.98 Å². The summed E-state index contributed by atoms with van der Waals surface area (Å²) in [7, 11) is 0. The number of nitrogens with zero attached hydrogens (tertiary/aromatic N) is 1. The van der Waals surface area contributed by atoms with Crippen LogP contribution in [0.3, 0.4) is 0 Å². The van der Waals surface area contributed by atoms with Gasteiger partial charge in [-0.05, 0) is 26.0 Å². The molecule has 1 aromatic carbocycles. The topological polar surface area (TPSA) is 34.1 Å². The summed E-state index contributed by atoms with van der Waals surface area (Å²) in [5.74, 6) is -1.14. The molecule has 0 amide bonds. The molecule has 0 radical (unpaired) electrons. The molecule has 0 aliphatic carbocycles. The predicted molar refractivity (Wildman–Crippen MR) is 73.8 cm³/mol. The number of ether oxygens (including phenoxy) is 1. The number of pyridine rings is 1. The second kappa shape index (κ2) is 6.32. The molecule has 0 aliphatic heterocycles. The molecule has 0 saturated heterocycles. The summed E-state index contributed by atoms with van der Waals surface area (Å²) in [5.41, 5.74) is 0.989. The highest BCUT2D eigenvalue weighted by Crippen LogP contribution is 2.23. The molecule has 5 heteroatoms. The van der Waals surface area contributed by atoms with Crippen molar-refractivity contribution in [2.45, 2.75) is 19.9 Å². The fraction of sp³-hybridized carbons (Fsp3) is 0.267. The number of aromatic nitrogens is 1. The van der Waals surface area contributed by atoms with E-state index in [0.717, 1.165) is 6.07 Å². The van der Waals surface area contributed by atoms with E-state index in [9.17, 15) is 8.78 Å². The molecule has 2 aromatic rings. The van der Waals surface area contributed by atoms with Crippen molar-refractivity contribution in [2.75, 3.05) is 11.9 Å². The van der Waals surface area contributed by atoms with Gasteiger partial charge in [-0.15, -0.1) is 0 Å². The maximum Gasteiger partial charge on any atom is 0.213 e. The van der Waals surface area contributed by atoms with Crippen LogP contribution in [0.2, 0.25) is 0 Å². The van der Waals surface area contributed by atoms with Gasteiger partial charge in [-0.3, -0.25) is 0 Å². The summed E-state index contributed by atoms with van der Waals surface area (Å²) < 4.78 is 32.1. The van der Waals surface area contributed by atoms with E-state index in [2.05, 4.69) is 10.3 Å². The first-order valence-corrected chi connectivity index (χ1v) is 6.41. The molecule has 1 N–H and O–H groups in total. The van der Waals surface area contributed by atoms with Crippen LogP contribution < -0.4 is 10.1 Å². The van der Waals surface area contributed by atoms with Gasteiger partial charge >= 0.3 is 0 Å². The van der Waals surface area contributed by atoms with Crippen LogP contribution in [0.25, 0.3) is 0 Å². The smallest absolute Gasteiger partial charge is 0.213 e. The predicted octanol–water partition coefficient (Wildman–Crippen LogP) is 3.93. The standard InChI is InChI=1S/C15H16F2N2O/c1-3-20-14-8-7-11(9-18-14)19-10(2)12-5-4-6-13(16)15(12)17/h4-10,19H,3H2,1-2H3. The van der Waals surface area contributed by atoms with Gasteiger partial charge < -0.3 is 10.1 Å². The minimum Gasteiger partial charge on any atom is -0.478 e. The van der Waals surface area contributed by atoms with Gasteiger partial charge in [0.05, 0.1) is 24.5 Å². The Morgan fingerprint density at radius 2 is 2.05 bits per heavy atom. The first kappa shape index (κ1) is 14.2. The van der Waals surface area contributed by atoms with E-state index >= 15 is 0 Å². The van der Waals surface area contributed by atoms with Crippen molar-refractivity contribution in [1.29, 1.82) is 0 Å². The molecule has 106 valence electrons. The Hall–Kier alpha value is -2.17. The van der Waals surface area contributed by atoms with Gasteiger partial charge in [0.1, 0.15) is 0 Å². The van der Waals surface area contributed by atoms with Crippen molar-refractivity contribution in [3.63, 3.8) is 0 Å². The van der Waals surface area contributed by atoms with Crippen molar-refractivity contribution in [3.8, 4) is 5.88 Å². The van der Waals surface area contributed by atoms with Gasteiger partial charge in [-0.25, -0.2) is 13.8 Å². The number of hydrogen-bond donors (Lipinski definition) is 1. The van der Waals surface area contributed by atoms with E-state index < -0.39 is 11.6 Å². The lowest BCUT2D eigenvalue weighted by molar-refractivity contribution is 0.327. The van der Waals surface area contributed by atoms with Crippen LogP contribution in [-0.4, -0.2) is 11.6 Å². The van der Waals surface area contributed by atoms with Gasteiger partial charge in [0.25, 0.3) is 0 Å². The number of rotatable bonds is 5. The Bertz CT molecular complexity index is 573. The molecule has 1 heterocycles. The lowest BCUT2D eigenvalue weighted by atomic mass is 10.1. The van der Waals surface area contributed by atoms with Crippen LogP contribution in [0.4, 0.5) is 14.5 Å². The zero-order chi connectivity index (χ0) is 14.5. The Kier molecular flexibility index (Phi) is 4.50. The normalized spacial score (nSPS) is 12.0. The van der Waals surface area contributed by atoms with Crippen LogP contribution in [0, 0.1) is 11.6 Å².